The molecule has 2 aromatic rings. The van der Waals surface area contributed by atoms with Crippen molar-refractivity contribution in [3.8, 4) is 0 Å². The van der Waals surface area contributed by atoms with Crippen molar-refractivity contribution >= 4 is 0 Å². The Hall–Kier alpha value is 0.164. The summed E-state index contributed by atoms with van der Waals surface area (Å²) in [6, 6.07) is 11.9. The van der Waals surface area contributed by atoms with Gasteiger partial charge >= 0.3 is 58.4 Å². The fourth-order valence-electron chi connectivity index (χ4n) is 2.37. The van der Waals surface area contributed by atoms with Crippen LogP contribution < -0.4 is 0 Å². The zero-order valence-corrected chi connectivity index (χ0v) is 38.9. The van der Waals surface area contributed by atoms with Crippen molar-refractivity contribution in [3.05, 3.63) is 179 Å². The second-order valence-corrected chi connectivity index (χ2v) is 6.25. The molecule has 45 heavy (non-hydrogen) atoms. The van der Waals surface area contributed by atoms with Crippen LogP contribution in [0.25, 0.3) is 5.32 Å². The van der Waals surface area contributed by atoms with Crippen molar-refractivity contribution in [1.82, 2.24) is 9.97 Å². The summed E-state index contributed by atoms with van der Waals surface area (Å²) in [4.78, 5) is 8.57. The number of rotatable bonds is 5. The Kier molecular flexibility index (Phi) is 112. The minimum atomic E-state index is 0. The number of pyridine rings is 2. The predicted molar refractivity (Wildman–Crippen MR) is 198 cm³/mol. The van der Waals surface area contributed by atoms with Crippen LogP contribution in [0.3, 0.4) is 0 Å². The maximum absolute atomic E-state index is 4.28. The van der Waals surface area contributed by atoms with E-state index >= 15 is 0 Å². The van der Waals surface area contributed by atoms with Crippen LogP contribution in [0.2, 0.25) is 0 Å². The van der Waals surface area contributed by atoms with E-state index in [0.29, 0.717) is 0 Å². The SMILES string of the molecule is CC.CC.CC.[CH2-]C=C1C=CC=C(C[CH2-])[N-]1.[CH2-]Cc1cccc(C[CH2-])n1.[CH2-]Cc1cccc(C[CH2-])n1.[CH3-].[CH3-].[CH3-].[CH3-].[CH3-].[Ru+5].[RuH+3].[RuH].[Y]. The first kappa shape index (κ1) is 80.1. The third-order valence-electron chi connectivity index (χ3n) is 4.05. The van der Waals surface area contributed by atoms with E-state index in [4.69, 9.17) is 0 Å². The molecule has 0 N–H and O–H groups in total. The number of allylic oxidation sites excluding steroid dienone is 5. The van der Waals surface area contributed by atoms with Crippen LogP contribution in [-0.2, 0) is 117 Å². The molecule has 0 fully saturated rings. The van der Waals surface area contributed by atoms with Gasteiger partial charge in [0.15, 0.2) is 0 Å². The Bertz CT molecular complexity index is 770. The molecule has 3 radical (unpaired) electrons. The Morgan fingerprint density at radius 1 is 0.622 bits per heavy atom. The number of hydrogen-bond donors (Lipinski definition) is 0. The van der Waals surface area contributed by atoms with Gasteiger partial charge in [0.2, 0.25) is 0 Å². The van der Waals surface area contributed by atoms with E-state index in [1.165, 1.54) is 0 Å². The van der Waals surface area contributed by atoms with Crippen molar-refractivity contribution in [2.45, 2.75) is 73.6 Å². The summed E-state index contributed by atoms with van der Waals surface area (Å²) in [6.07, 6.45) is 11.3. The van der Waals surface area contributed by atoms with Gasteiger partial charge in [0, 0.05) is 55.5 Å². The predicted octanol–water partition coefficient (Wildman–Crippen LogP) is 11.2. The zero-order valence-electron chi connectivity index (χ0n) is 30.6. The summed E-state index contributed by atoms with van der Waals surface area (Å²) in [6.45, 7) is 34.4. The third kappa shape index (κ3) is 44.2. The molecular weight excluding hydrogens is 891 g/mol. The molecule has 0 saturated heterocycles. The molecule has 0 bridgehead atoms. The summed E-state index contributed by atoms with van der Waals surface area (Å²) in [7, 11) is 0. The molecule has 265 valence electrons. The van der Waals surface area contributed by atoms with E-state index < -0.39 is 0 Å². The van der Waals surface area contributed by atoms with Gasteiger partial charge in [0.05, 0.1) is 0 Å². The van der Waals surface area contributed by atoms with E-state index in [1.54, 1.807) is 6.08 Å². The standard InChI is InChI=1S/2C9H11N.C9H10N.3C2H6.5CH3.3Ru.Y.2H/c3*1-3-8-6-5-7-9(4-2)10-8;3*1-2;;;;;;;;;;;/h2*5-7H,1-4H2;3,5-7H,1-2,4H2;3*1-2H3;5*1H3;;;;;;/q2*-2;-3;;;;5*-1;;+3;+5;;;. The van der Waals surface area contributed by atoms with Crippen molar-refractivity contribution < 1.29 is 91.1 Å². The number of nitrogens with zero attached hydrogens (tertiary/aromatic N) is 3. The Labute approximate surface area is 350 Å². The molecule has 3 nitrogen and oxygen atoms in total. The molecule has 0 atom stereocenters. The molecule has 0 amide bonds. The molecule has 0 spiro atoms. The smallest absolute Gasteiger partial charge is 0 e. The fourth-order valence-corrected chi connectivity index (χ4v) is 2.37. The van der Waals surface area contributed by atoms with Crippen LogP contribution in [-0.4, -0.2) is 9.97 Å². The fraction of sp³-hybridized carbons (Fsp3) is 0.289. The molecule has 7 heteroatoms. The van der Waals surface area contributed by atoms with Gasteiger partial charge in [-0.1, -0.05) is 65.8 Å². The normalized spacial score (nSPS) is 9.31. The van der Waals surface area contributed by atoms with E-state index in [9.17, 15) is 0 Å². The van der Waals surface area contributed by atoms with Gasteiger partial charge in [0.1, 0.15) is 0 Å². The average Bonchev–Trinajstić information content (AvgIpc) is 3.00. The number of aromatic nitrogens is 2. The monoisotopic (exact) mass is 960 g/mol. The summed E-state index contributed by atoms with van der Waals surface area (Å²) in [5.74, 6) is 0. The van der Waals surface area contributed by atoms with Gasteiger partial charge in [-0.15, -0.1) is 25.7 Å². The van der Waals surface area contributed by atoms with E-state index in [0.717, 1.165) is 66.3 Å². The van der Waals surface area contributed by atoms with Crippen molar-refractivity contribution in [1.29, 1.82) is 0 Å². The van der Waals surface area contributed by atoms with E-state index in [1.807, 2.05) is 96.2 Å². The van der Waals surface area contributed by atoms with Gasteiger partial charge in [0.25, 0.3) is 0 Å². The molecule has 2 aromatic heterocycles. The molecular formula is C38H67N3Ru3Y-4. The van der Waals surface area contributed by atoms with Crippen LogP contribution in [0.15, 0.2) is 72.1 Å². The minimum Gasteiger partial charge on any atom is 0 e. The third-order valence-corrected chi connectivity index (χ3v) is 4.05. The Morgan fingerprint density at radius 2 is 0.911 bits per heavy atom. The summed E-state index contributed by atoms with van der Waals surface area (Å²) < 4.78 is 0. The Morgan fingerprint density at radius 3 is 1.13 bits per heavy atom. The van der Waals surface area contributed by atoms with Crippen LogP contribution in [0.5, 0.6) is 0 Å². The number of hydrogen-bond acceptors (Lipinski definition) is 2. The van der Waals surface area contributed by atoms with Crippen molar-refractivity contribution in [2.75, 3.05) is 0 Å². The van der Waals surface area contributed by atoms with Crippen LogP contribution in [0, 0.1) is 78.7 Å². The molecule has 1 aliphatic heterocycles. The van der Waals surface area contributed by atoms with Gasteiger partial charge in [-0.25, -0.2) is 18.7 Å². The molecule has 0 aliphatic carbocycles. The van der Waals surface area contributed by atoms with E-state index in [2.05, 4.69) is 56.8 Å². The molecule has 0 saturated carbocycles. The maximum Gasteiger partial charge on any atom is 0 e. The largest absolute Gasteiger partial charge is 0 e. The first-order chi connectivity index (χ1) is 17.6. The molecule has 3 rings (SSSR count). The summed E-state index contributed by atoms with van der Waals surface area (Å²) in [5.41, 5.74) is 6.10. The van der Waals surface area contributed by atoms with Crippen LogP contribution >= 0.6 is 0 Å². The minimum absolute atomic E-state index is 0. The Balaban J connectivity index is -0.0000000306. The summed E-state index contributed by atoms with van der Waals surface area (Å²) >= 11 is 0. The molecule has 3 heterocycles. The van der Waals surface area contributed by atoms with Crippen molar-refractivity contribution in [2.24, 2.45) is 0 Å². The zero-order chi connectivity index (χ0) is 28.2. The molecule has 0 aromatic carbocycles. The maximum atomic E-state index is 4.28. The second kappa shape index (κ2) is 62.9. The topological polar surface area (TPSA) is 39.9 Å². The van der Waals surface area contributed by atoms with Crippen molar-refractivity contribution in [3.63, 3.8) is 0 Å². The second-order valence-electron chi connectivity index (χ2n) is 6.25. The first-order valence-electron chi connectivity index (χ1n) is 13.0. The van der Waals surface area contributed by atoms with Gasteiger partial charge in [-0.3, -0.25) is 9.97 Å². The van der Waals surface area contributed by atoms with E-state index in [-0.39, 0.29) is 128 Å². The van der Waals surface area contributed by atoms with Crippen LogP contribution in [0.4, 0.5) is 0 Å². The quantitative estimate of drug-likeness (QED) is 0.221. The van der Waals surface area contributed by atoms with Gasteiger partial charge < -0.3 is 82.8 Å². The molecule has 1 aliphatic rings. The average molecular weight is 958 g/mol. The van der Waals surface area contributed by atoms with Gasteiger partial charge in [-0.05, 0) is 24.3 Å². The van der Waals surface area contributed by atoms with Crippen LogP contribution in [0.1, 0.15) is 70.7 Å². The van der Waals surface area contributed by atoms with Gasteiger partial charge in [-0.2, -0.15) is 12.5 Å². The summed E-state index contributed by atoms with van der Waals surface area (Å²) in [5, 5.41) is 4.23. The molecule has 0 unspecified atom stereocenters. The first-order valence-corrected chi connectivity index (χ1v) is 13.0.